The second kappa shape index (κ2) is 8.57. The van der Waals surface area contributed by atoms with Gasteiger partial charge in [0.2, 0.25) is 0 Å². The standard InChI is InChI=1S/C22H25ClN4O2/c1-22(2,3)29-21(28)25-17(13-14-7-5-4-6-8-14)20-26-18(19(23)27-20)15-9-11-16(24)12-10-15/h4-12,17H,13,24H2,1-3H3,(H,25,28)(H,26,27)/t17-/m0/s1. The van der Waals surface area contributed by atoms with Crippen molar-refractivity contribution in [3.8, 4) is 11.3 Å². The number of anilines is 1. The highest BCUT2D eigenvalue weighted by Gasteiger charge is 2.24. The smallest absolute Gasteiger partial charge is 0.408 e. The summed E-state index contributed by atoms with van der Waals surface area (Å²) in [7, 11) is 0. The van der Waals surface area contributed by atoms with Gasteiger partial charge in [-0.25, -0.2) is 9.78 Å². The van der Waals surface area contributed by atoms with Crippen LogP contribution in [0.25, 0.3) is 11.3 Å². The zero-order valence-electron chi connectivity index (χ0n) is 16.7. The molecule has 1 amide bonds. The summed E-state index contributed by atoms with van der Waals surface area (Å²) in [6.07, 6.45) is 0.0189. The number of halogens is 1. The minimum atomic E-state index is -0.600. The molecule has 0 aliphatic carbocycles. The van der Waals surface area contributed by atoms with E-state index in [1.165, 1.54) is 0 Å². The second-order valence-electron chi connectivity index (χ2n) is 7.80. The number of ether oxygens (including phenoxy) is 1. The summed E-state index contributed by atoms with van der Waals surface area (Å²) in [5, 5.41) is 3.30. The molecule has 1 heterocycles. The zero-order chi connectivity index (χ0) is 21.0. The first-order valence-electron chi connectivity index (χ1n) is 9.36. The second-order valence-corrected chi connectivity index (χ2v) is 8.17. The maximum atomic E-state index is 12.4. The van der Waals surface area contributed by atoms with Gasteiger partial charge in [0.15, 0.2) is 0 Å². The Morgan fingerprint density at radius 1 is 1.17 bits per heavy atom. The van der Waals surface area contributed by atoms with Crippen molar-refractivity contribution in [2.45, 2.75) is 38.8 Å². The number of carbonyl (C=O) groups excluding carboxylic acids is 1. The molecule has 0 fully saturated rings. The molecule has 3 aromatic rings. The predicted molar refractivity (Wildman–Crippen MR) is 116 cm³/mol. The largest absolute Gasteiger partial charge is 0.444 e. The number of hydrogen-bond acceptors (Lipinski definition) is 4. The van der Waals surface area contributed by atoms with Crippen molar-refractivity contribution in [3.05, 3.63) is 71.1 Å². The van der Waals surface area contributed by atoms with Crippen LogP contribution in [0, 0.1) is 0 Å². The van der Waals surface area contributed by atoms with Crippen LogP contribution in [0.4, 0.5) is 10.5 Å². The van der Waals surface area contributed by atoms with Gasteiger partial charge < -0.3 is 20.8 Å². The number of nitrogens with one attached hydrogen (secondary N) is 2. The molecular formula is C22H25ClN4O2. The maximum Gasteiger partial charge on any atom is 0.408 e. The first kappa shape index (κ1) is 20.7. The number of imidazole rings is 1. The molecule has 29 heavy (non-hydrogen) atoms. The Labute approximate surface area is 175 Å². The minimum absolute atomic E-state index is 0.397. The number of nitrogens with two attached hydrogens (primary N) is 1. The lowest BCUT2D eigenvalue weighted by atomic mass is 10.1. The van der Waals surface area contributed by atoms with Crippen molar-refractivity contribution in [1.29, 1.82) is 0 Å². The fourth-order valence-electron chi connectivity index (χ4n) is 2.88. The molecule has 4 N–H and O–H groups in total. The highest BCUT2D eigenvalue weighted by atomic mass is 35.5. The molecule has 152 valence electrons. The minimum Gasteiger partial charge on any atom is -0.444 e. The summed E-state index contributed by atoms with van der Waals surface area (Å²) in [4.78, 5) is 20.2. The van der Waals surface area contributed by atoms with Crippen molar-refractivity contribution in [2.75, 3.05) is 5.73 Å². The van der Waals surface area contributed by atoms with E-state index in [1.807, 2.05) is 63.2 Å². The molecule has 2 aromatic carbocycles. The van der Waals surface area contributed by atoms with Crippen LogP contribution in [-0.2, 0) is 11.2 Å². The molecule has 0 radical (unpaired) electrons. The van der Waals surface area contributed by atoms with Gasteiger partial charge in [0.1, 0.15) is 22.3 Å². The van der Waals surface area contributed by atoms with Crippen LogP contribution < -0.4 is 11.1 Å². The van der Waals surface area contributed by atoms with E-state index in [2.05, 4.69) is 15.3 Å². The van der Waals surface area contributed by atoms with Gasteiger partial charge in [-0.3, -0.25) is 0 Å². The number of hydrogen-bond donors (Lipinski definition) is 3. The molecule has 0 aliphatic rings. The monoisotopic (exact) mass is 412 g/mol. The Kier molecular flexibility index (Phi) is 6.13. The summed E-state index contributed by atoms with van der Waals surface area (Å²) in [6, 6.07) is 16.7. The number of aromatic amines is 1. The normalized spacial score (nSPS) is 12.4. The average molecular weight is 413 g/mol. The van der Waals surface area contributed by atoms with Crippen LogP contribution in [0.5, 0.6) is 0 Å². The Hall–Kier alpha value is -2.99. The van der Waals surface area contributed by atoms with Crippen molar-refractivity contribution < 1.29 is 9.53 Å². The number of alkyl carbamates (subject to hydrolysis) is 1. The van der Waals surface area contributed by atoms with Gasteiger partial charge in [-0.2, -0.15) is 0 Å². The Morgan fingerprint density at radius 2 is 1.83 bits per heavy atom. The summed E-state index contributed by atoms with van der Waals surface area (Å²) >= 11 is 6.42. The third kappa shape index (κ3) is 5.74. The highest BCUT2D eigenvalue weighted by Crippen LogP contribution is 2.29. The molecule has 3 rings (SSSR count). The molecule has 0 spiro atoms. The summed E-state index contributed by atoms with van der Waals surface area (Å²) in [5.41, 5.74) is 8.32. The maximum absolute atomic E-state index is 12.4. The van der Waals surface area contributed by atoms with E-state index in [4.69, 9.17) is 22.1 Å². The van der Waals surface area contributed by atoms with Gasteiger partial charge in [-0.05, 0) is 38.5 Å². The van der Waals surface area contributed by atoms with Crippen molar-refractivity contribution in [3.63, 3.8) is 0 Å². The summed E-state index contributed by atoms with van der Waals surface area (Å²) in [6.45, 7) is 5.46. The Balaban J connectivity index is 1.90. The van der Waals surface area contributed by atoms with Crippen LogP contribution in [0.1, 0.15) is 38.2 Å². The molecule has 0 saturated heterocycles. The highest BCUT2D eigenvalue weighted by molar-refractivity contribution is 6.31. The van der Waals surface area contributed by atoms with E-state index in [-0.39, 0.29) is 0 Å². The van der Waals surface area contributed by atoms with E-state index < -0.39 is 17.7 Å². The third-order valence-electron chi connectivity index (χ3n) is 4.17. The Bertz CT molecular complexity index is 963. The molecule has 0 unspecified atom stereocenters. The van der Waals surface area contributed by atoms with Gasteiger partial charge >= 0.3 is 6.09 Å². The van der Waals surface area contributed by atoms with Gasteiger partial charge in [-0.1, -0.05) is 54.1 Å². The SMILES string of the molecule is CC(C)(C)OC(=O)N[C@@H](Cc1ccccc1)c1nc(-c2ccc(N)cc2)c(Cl)[nH]1. The molecule has 0 aliphatic heterocycles. The van der Waals surface area contributed by atoms with Crippen LogP contribution >= 0.6 is 11.6 Å². The van der Waals surface area contributed by atoms with E-state index in [0.29, 0.717) is 28.8 Å². The van der Waals surface area contributed by atoms with Crippen LogP contribution in [0.3, 0.4) is 0 Å². The van der Waals surface area contributed by atoms with Crippen LogP contribution in [0.2, 0.25) is 5.15 Å². The van der Waals surface area contributed by atoms with Crippen molar-refractivity contribution in [1.82, 2.24) is 15.3 Å². The Morgan fingerprint density at radius 3 is 2.45 bits per heavy atom. The topological polar surface area (TPSA) is 93.0 Å². The average Bonchev–Trinajstić information content (AvgIpc) is 3.03. The summed E-state index contributed by atoms with van der Waals surface area (Å²) in [5.74, 6) is 0.552. The van der Waals surface area contributed by atoms with Gasteiger partial charge in [0, 0.05) is 17.7 Å². The fraction of sp³-hybridized carbons (Fsp3) is 0.273. The lowest BCUT2D eigenvalue weighted by molar-refractivity contribution is 0.0501. The quantitative estimate of drug-likeness (QED) is 0.507. The van der Waals surface area contributed by atoms with E-state index in [1.54, 1.807) is 12.1 Å². The molecular weight excluding hydrogens is 388 g/mol. The lowest BCUT2D eigenvalue weighted by Gasteiger charge is -2.23. The molecule has 6 nitrogen and oxygen atoms in total. The van der Waals surface area contributed by atoms with Crippen LogP contribution in [-0.4, -0.2) is 21.7 Å². The first-order chi connectivity index (χ1) is 13.7. The molecule has 1 aromatic heterocycles. The van der Waals surface area contributed by atoms with Crippen LogP contribution in [0.15, 0.2) is 54.6 Å². The number of H-pyrrole nitrogens is 1. The van der Waals surface area contributed by atoms with E-state index >= 15 is 0 Å². The number of rotatable bonds is 5. The third-order valence-corrected chi connectivity index (χ3v) is 4.44. The van der Waals surface area contributed by atoms with Crippen molar-refractivity contribution >= 4 is 23.4 Å². The van der Waals surface area contributed by atoms with Gasteiger partial charge in [0.05, 0.1) is 6.04 Å². The predicted octanol–water partition coefficient (Wildman–Crippen LogP) is 5.12. The number of nitrogens with zero attached hydrogens (tertiary/aromatic N) is 1. The number of nitrogen functional groups attached to an aromatic ring is 1. The van der Waals surface area contributed by atoms with Gasteiger partial charge in [0.25, 0.3) is 0 Å². The number of amides is 1. The fourth-order valence-corrected chi connectivity index (χ4v) is 3.13. The number of aromatic nitrogens is 2. The molecule has 0 saturated carbocycles. The zero-order valence-corrected chi connectivity index (χ0v) is 17.5. The van der Waals surface area contributed by atoms with Crippen molar-refractivity contribution in [2.24, 2.45) is 0 Å². The van der Waals surface area contributed by atoms with E-state index in [0.717, 1.165) is 11.1 Å². The molecule has 7 heteroatoms. The van der Waals surface area contributed by atoms with E-state index in [9.17, 15) is 4.79 Å². The number of carbonyl (C=O) groups is 1. The first-order valence-corrected chi connectivity index (χ1v) is 9.74. The van der Waals surface area contributed by atoms with Gasteiger partial charge in [-0.15, -0.1) is 0 Å². The number of benzene rings is 2. The molecule has 1 atom stereocenters. The lowest BCUT2D eigenvalue weighted by Crippen LogP contribution is -2.36. The summed E-state index contributed by atoms with van der Waals surface area (Å²) < 4.78 is 5.42. The molecule has 0 bridgehead atoms.